The molecule has 2 bridgehead atoms. The number of carbonyl (C=O) groups is 2. The molecule has 0 spiro atoms. The van der Waals surface area contributed by atoms with E-state index in [2.05, 4.69) is 0 Å². The highest BCUT2D eigenvalue weighted by Crippen LogP contribution is 2.44. The van der Waals surface area contributed by atoms with Crippen LogP contribution in [0.25, 0.3) is 0 Å². The van der Waals surface area contributed by atoms with E-state index in [4.69, 9.17) is 4.74 Å². The van der Waals surface area contributed by atoms with Crippen LogP contribution in [-0.4, -0.2) is 28.6 Å². The Morgan fingerprint density at radius 1 is 1.50 bits per heavy atom. The number of rotatable bonds is 1. The summed E-state index contributed by atoms with van der Waals surface area (Å²) < 4.78 is 5.13. The number of esters is 1. The minimum absolute atomic E-state index is 0.0774. The van der Waals surface area contributed by atoms with Crippen LogP contribution in [0.5, 0.6) is 0 Å². The van der Waals surface area contributed by atoms with E-state index in [0.717, 1.165) is 0 Å². The van der Waals surface area contributed by atoms with E-state index in [1.807, 2.05) is 0 Å². The van der Waals surface area contributed by atoms with Gasteiger partial charge < -0.3 is 9.84 Å². The molecular formula is C10H14O4. The van der Waals surface area contributed by atoms with Crippen LogP contribution in [0.3, 0.4) is 0 Å². The minimum atomic E-state index is -0.893. The topological polar surface area (TPSA) is 63.6 Å². The second-order valence-electron chi connectivity index (χ2n) is 4.20. The zero-order chi connectivity index (χ0) is 10.3. The number of fused-ring (bicyclic) bond motifs is 2. The molecule has 0 aliphatic heterocycles. The molecule has 0 unspecified atom stereocenters. The summed E-state index contributed by atoms with van der Waals surface area (Å²) in [6.07, 6.45) is 1.72. The summed E-state index contributed by atoms with van der Waals surface area (Å²) in [5, 5.41) is 9.55. The van der Waals surface area contributed by atoms with Gasteiger partial charge in [0.2, 0.25) is 0 Å². The molecular weight excluding hydrogens is 184 g/mol. The molecule has 2 fully saturated rings. The maximum atomic E-state index is 11.8. The van der Waals surface area contributed by atoms with Crippen LogP contribution >= 0.6 is 0 Å². The van der Waals surface area contributed by atoms with Crippen LogP contribution in [0.15, 0.2) is 0 Å². The third-order valence-electron chi connectivity index (χ3n) is 3.29. The van der Waals surface area contributed by atoms with E-state index >= 15 is 0 Å². The third-order valence-corrected chi connectivity index (χ3v) is 3.29. The molecule has 78 valence electrons. The van der Waals surface area contributed by atoms with Gasteiger partial charge >= 0.3 is 5.97 Å². The van der Waals surface area contributed by atoms with Crippen molar-refractivity contribution in [1.82, 2.24) is 0 Å². The molecule has 0 aromatic heterocycles. The van der Waals surface area contributed by atoms with Crippen LogP contribution in [0.2, 0.25) is 0 Å². The Kier molecular flexibility index (Phi) is 2.10. The van der Waals surface area contributed by atoms with Crippen LogP contribution in [-0.2, 0) is 14.3 Å². The standard InChI is InChI=1S/C10H14O4/c1-6(11)14-10-4-2-7(9(10)13)8(12)3-5-10/h7-8,12H,2-5H2,1H3/t7-,8-,10+/m1/s1. The number of ether oxygens (including phenoxy) is 1. The van der Waals surface area contributed by atoms with Crippen LogP contribution < -0.4 is 0 Å². The summed E-state index contributed by atoms with van der Waals surface area (Å²) in [6.45, 7) is 1.32. The lowest BCUT2D eigenvalue weighted by Crippen LogP contribution is -2.47. The number of Topliss-reactive ketones (excluding diaryl/α,β-unsaturated/α-hetero) is 1. The highest BCUT2D eigenvalue weighted by atomic mass is 16.6. The van der Waals surface area contributed by atoms with Crippen molar-refractivity contribution in [3.8, 4) is 0 Å². The Morgan fingerprint density at radius 3 is 2.79 bits per heavy atom. The minimum Gasteiger partial charge on any atom is -0.451 e. The van der Waals surface area contributed by atoms with Gasteiger partial charge in [-0.25, -0.2) is 0 Å². The molecule has 3 atom stereocenters. The predicted octanol–water partition coefficient (Wildman–Crippen LogP) is 0.422. The molecule has 4 nitrogen and oxygen atoms in total. The lowest BCUT2D eigenvalue weighted by Gasteiger charge is -2.33. The lowest BCUT2D eigenvalue weighted by molar-refractivity contribution is -0.169. The Balaban J connectivity index is 2.22. The first kappa shape index (κ1) is 9.65. The average molecular weight is 198 g/mol. The maximum Gasteiger partial charge on any atom is 0.303 e. The molecule has 0 amide bonds. The molecule has 4 heteroatoms. The number of ketones is 1. The monoisotopic (exact) mass is 198 g/mol. The summed E-state index contributed by atoms with van der Waals surface area (Å²) in [7, 11) is 0. The van der Waals surface area contributed by atoms with Crippen molar-refractivity contribution in [3.63, 3.8) is 0 Å². The summed E-state index contributed by atoms with van der Waals surface area (Å²) in [5.41, 5.74) is -0.893. The van der Waals surface area contributed by atoms with Crippen LogP contribution in [0.1, 0.15) is 32.6 Å². The number of carbonyl (C=O) groups excluding carboxylic acids is 2. The zero-order valence-corrected chi connectivity index (χ0v) is 8.16. The smallest absolute Gasteiger partial charge is 0.303 e. The highest BCUT2D eigenvalue weighted by Gasteiger charge is 2.55. The molecule has 2 saturated carbocycles. The van der Waals surface area contributed by atoms with E-state index in [-0.39, 0.29) is 11.7 Å². The Bertz CT molecular complexity index is 286. The largest absolute Gasteiger partial charge is 0.451 e. The van der Waals surface area contributed by atoms with E-state index < -0.39 is 17.7 Å². The fraction of sp³-hybridized carbons (Fsp3) is 0.800. The first-order valence-electron chi connectivity index (χ1n) is 4.97. The number of hydrogen-bond donors (Lipinski definition) is 1. The molecule has 1 N–H and O–H groups in total. The summed E-state index contributed by atoms with van der Waals surface area (Å²) in [5.74, 6) is -0.787. The first-order valence-corrected chi connectivity index (χ1v) is 4.97. The number of aliphatic hydroxyl groups excluding tert-OH is 1. The van der Waals surface area contributed by atoms with Crippen molar-refractivity contribution in [2.24, 2.45) is 5.92 Å². The number of hydrogen-bond acceptors (Lipinski definition) is 4. The van der Waals surface area contributed by atoms with Gasteiger partial charge in [-0.2, -0.15) is 0 Å². The summed E-state index contributed by atoms with van der Waals surface area (Å²) in [4.78, 5) is 22.7. The molecule has 0 heterocycles. The SMILES string of the molecule is CC(=O)O[C@]12CC[C@@H](O)[C@@H](CC1)C2=O. The summed E-state index contributed by atoms with van der Waals surface area (Å²) in [6, 6.07) is 0. The third kappa shape index (κ3) is 1.25. The molecule has 0 saturated heterocycles. The van der Waals surface area contributed by atoms with E-state index in [1.165, 1.54) is 6.92 Å². The number of aliphatic hydroxyl groups is 1. The molecule has 0 radical (unpaired) electrons. The van der Waals surface area contributed by atoms with Gasteiger partial charge in [-0.15, -0.1) is 0 Å². The van der Waals surface area contributed by atoms with E-state index in [9.17, 15) is 14.7 Å². The van der Waals surface area contributed by atoms with E-state index in [1.54, 1.807) is 0 Å². The van der Waals surface area contributed by atoms with Gasteiger partial charge in [-0.05, 0) is 25.7 Å². The van der Waals surface area contributed by atoms with Crippen molar-refractivity contribution in [2.75, 3.05) is 0 Å². The average Bonchev–Trinajstić information content (AvgIpc) is 2.29. The van der Waals surface area contributed by atoms with E-state index in [0.29, 0.717) is 25.7 Å². The Morgan fingerprint density at radius 2 is 2.14 bits per heavy atom. The van der Waals surface area contributed by atoms with Gasteiger partial charge in [-0.3, -0.25) is 9.59 Å². The molecule has 0 aromatic carbocycles. The summed E-state index contributed by atoms with van der Waals surface area (Å²) >= 11 is 0. The van der Waals surface area contributed by atoms with Gasteiger partial charge in [0.05, 0.1) is 6.10 Å². The van der Waals surface area contributed by atoms with Crippen molar-refractivity contribution >= 4 is 11.8 Å². The van der Waals surface area contributed by atoms with Gasteiger partial charge in [0.1, 0.15) is 0 Å². The van der Waals surface area contributed by atoms with Crippen molar-refractivity contribution in [2.45, 2.75) is 44.3 Å². The zero-order valence-electron chi connectivity index (χ0n) is 8.16. The predicted molar refractivity (Wildman–Crippen MR) is 47.5 cm³/mol. The second-order valence-corrected chi connectivity index (χ2v) is 4.20. The molecule has 14 heavy (non-hydrogen) atoms. The molecule has 2 rings (SSSR count). The van der Waals surface area contributed by atoms with Crippen LogP contribution in [0, 0.1) is 5.92 Å². The second kappa shape index (κ2) is 3.05. The first-order chi connectivity index (χ1) is 6.55. The maximum absolute atomic E-state index is 11.8. The quantitative estimate of drug-likeness (QED) is 0.620. The van der Waals surface area contributed by atoms with Gasteiger partial charge in [0, 0.05) is 12.8 Å². The fourth-order valence-electron chi connectivity index (χ4n) is 2.61. The Labute approximate surface area is 82.2 Å². The molecule has 0 aromatic rings. The van der Waals surface area contributed by atoms with Crippen molar-refractivity contribution in [1.29, 1.82) is 0 Å². The molecule has 2 aliphatic carbocycles. The fourth-order valence-corrected chi connectivity index (χ4v) is 2.61. The lowest BCUT2D eigenvalue weighted by atomic mass is 9.82. The van der Waals surface area contributed by atoms with Gasteiger partial charge in [0.15, 0.2) is 11.4 Å². The van der Waals surface area contributed by atoms with Crippen molar-refractivity contribution < 1.29 is 19.4 Å². The Hall–Kier alpha value is -0.900. The van der Waals surface area contributed by atoms with Gasteiger partial charge in [-0.1, -0.05) is 0 Å². The normalized spacial score (nSPS) is 41.1. The highest BCUT2D eigenvalue weighted by molar-refractivity contribution is 5.94. The van der Waals surface area contributed by atoms with Crippen LogP contribution in [0.4, 0.5) is 0 Å². The molecule has 2 aliphatic rings. The van der Waals surface area contributed by atoms with Gasteiger partial charge in [0.25, 0.3) is 0 Å². The van der Waals surface area contributed by atoms with Crippen molar-refractivity contribution in [3.05, 3.63) is 0 Å².